The zero-order valence-electron chi connectivity index (χ0n) is 16.0. The molecule has 142 valence electrons. The Morgan fingerprint density at radius 1 is 1.00 bits per heavy atom. The zero-order chi connectivity index (χ0) is 19.1. The molecule has 1 aliphatic rings. The van der Waals surface area contributed by atoms with E-state index in [4.69, 9.17) is 0 Å². The lowest BCUT2D eigenvalue weighted by molar-refractivity contribution is -0.137. The third kappa shape index (κ3) is 5.95. The molecule has 2 amide bonds. The average molecular weight is 364 g/mol. The molecule has 0 saturated carbocycles. The number of hydrogen-bond donors (Lipinski definition) is 1. The number of carbonyl (C=O) groups is 2. The van der Waals surface area contributed by atoms with Crippen molar-refractivity contribution >= 4 is 11.8 Å². The molecule has 2 aromatic rings. The number of nitrogens with zero attached hydrogens (tertiary/aromatic N) is 1. The van der Waals surface area contributed by atoms with Gasteiger partial charge < -0.3 is 10.2 Å². The third-order valence-corrected chi connectivity index (χ3v) is 5.22. The summed E-state index contributed by atoms with van der Waals surface area (Å²) in [6, 6.07) is 18.5. The summed E-state index contributed by atoms with van der Waals surface area (Å²) in [6.45, 7) is 3.99. The minimum absolute atomic E-state index is 0.0603. The van der Waals surface area contributed by atoms with Gasteiger partial charge in [-0.15, -0.1) is 0 Å². The molecule has 3 rings (SSSR count). The summed E-state index contributed by atoms with van der Waals surface area (Å²) in [5.41, 5.74) is 3.58. The molecule has 4 nitrogen and oxygen atoms in total. The van der Waals surface area contributed by atoms with Crippen LogP contribution in [0.3, 0.4) is 0 Å². The van der Waals surface area contributed by atoms with Gasteiger partial charge in [-0.05, 0) is 43.2 Å². The minimum Gasteiger partial charge on any atom is -0.352 e. The monoisotopic (exact) mass is 364 g/mol. The highest BCUT2D eigenvalue weighted by atomic mass is 16.2. The quantitative estimate of drug-likeness (QED) is 0.798. The van der Waals surface area contributed by atoms with Gasteiger partial charge in [-0.3, -0.25) is 9.59 Å². The molecule has 1 N–H and O–H groups in total. The fourth-order valence-corrected chi connectivity index (χ4v) is 3.67. The SMILES string of the molecule is Cc1cccc(CNC(=O)CC(=O)N2CCC(Cc3ccccc3)CC2)c1. The Hall–Kier alpha value is -2.62. The van der Waals surface area contributed by atoms with E-state index < -0.39 is 0 Å². The molecule has 1 fully saturated rings. The summed E-state index contributed by atoms with van der Waals surface area (Å²) in [5.74, 6) is 0.356. The number of aryl methyl sites for hydroxylation is 1. The first kappa shape index (κ1) is 19.2. The third-order valence-electron chi connectivity index (χ3n) is 5.22. The van der Waals surface area contributed by atoms with Crippen LogP contribution in [0.2, 0.25) is 0 Å². The van der Waals surface area contributed by atoms with E-state index in [-0.39, 0.29) is 18.2 Å². The van der Waals surface area contributed by atoms with Gasteiger partial charge in [0.1, 0.15) is 6.42 Å². The number of benzene rings is 2. The van der Waals surface area contributed by atoms with Crippen molar-refractivity contribution in [2.24, 2.45) is 5.92 Å². The van der Waals surface area contributed by atoms with Crippen molar-refractivity contribution in [1.29, 1.82) is 0 Å². The average Bonchev–Trinajstić information content (AvgIpc) is 2.68. The molecular weight excluding hydrogens is 336 g/mol. The second-order valence-corrected chi connectivity index (χ2v) is 7.46. The van der Waals surface area contributed by atoms with Crippen molar-refractivity contribution in [3.05, 3.63) is 71.3 Å². The maximum atomic E-state index is 12.4. The van der Waals surface area contributed by atoms with Gasteiger partial charge in [0.15, 0.2) is 0 Å². The number of likely N-dealkylation sites (tertiary alicyclic amines) is 1. The van der Waals surface area contributed by atoms with Gasteiger partial charge in [0.05, 0.1) is 0 Å². The maximum Gasteiger partial charge on any atom is 0.232 e. The summed E-state index contributed by atoms with van der Waals surface area (Å²) in [7, 11) is 0. The molecule has 1 heterocycles. The van der Waals surface area contributed by atoms with Crippen molar-refractivity contribution in [1.82, 2.24) is 10.2 Å². The number of nitrogens with one attached hydrogen (secondary N) is 1. The molecule has 0 atom stereocenters. The van der Waals surface area contributed by atoms with Crippen molar-refractivity contribution in [2.75, 3.05) is 13.1 Å². The van der Waals surface area contributed by atoms with Crippen LogP contribution in [0.5, 0.6) is 0 Å². The molecule has 0 unspecified atom stereocenters. The molecule has 27 heavy (non-hydrogen) atoms. The lowest BCUT2D eigenvalue weighted by atomic mass is 9.90. The standard InChI is InChI=1S/C23H28N2O2/c1-18-6-5-9-21(14-18)17-24-22(26)16-23(27)25-12-10-20(11-13-25)15-19-7-3-2-4-8-19/h2-9,14,20H,10-13,15-17H2,1H3,(H,24,26). The van der Waals surface area contributed by atoms with E-state index in [0.717, 1.165) is 43.5 Å². The van der Waals surface area contributed by atoms with Gasteiger partial charge in [-0.1, -0.05) is 60.2 Å². The Morgan fingerprint density at radius 2 is 1.70 bits per heavy atom. The second kappa shape index (κ2) is 9.36. The van der Waals surface area contributed by atoms with Gasteiger partial charge in [0, 0.05) is 19.6 Å². The van der Waals surface area contributed by atoms with Crippen LogP contribution in [-0.4, -0.2) is 29.8 Å². The van der Waals surface area contributed by atoms with Crippen molar-refractivity contribution < 1.29 is 9.59 Å². The molecule has 0 bridgehead atoms. The predicted octanol–water partition coefficient (Wildman–Crippen LogP) is 3.48. The first-order chi connectivity index (χ1) is 13.1. The van der Waals surface area contributed by atoms with Crippen LogP contribution in [0.1, 0.15) is 36.0 Å². The molecule has 0 radical (unpaired) electrons. The molecule has 0 aliphatic carbocycles. The number of piperidine rings is 1. The fourth-order valence-electron chi connectivity index (χ4n) is 3.67. The zero-order valence-corrected chi connectivity index (χ0v) is 16.0. The predicted molar refractivity (Wildman–Crippen MR) is 107 cm³/mol. The Morgan fingerprint density at radius 3 is 2.41 bits per heavy atom. The van der Waals surface area contributed by atoms with Crippen molar-refractivity contribution in [3.63, 3.8) is 0 Å². The molecule has 4 heteroatoms. The topological polar surface area (TPSA) is 49.4 Å². The summed E-state index contributed by atoms with van der Waals surface area (Å²) in [5, 5.41) is 2.85. The molecular formula is C23H28N2O2. The molecule has 2 aromatic carbocycles. The highest BCUT2D eigenvalue weighted by molar-refractivity contribution is 5.96. The van der Waals surface area contributed by atoms with Crippen molar-refractivity contribution in [2.45, 2.75) is 39.2 Å². The van der Waals surface area contributed by atoms with Crippen LogP contribution in [0, 0.1) is 12.8 Å². The van der Waals surface area contributed by atoms with E-state index in [1.807, 2.05) is 42.2 Å². The van der Waals surface area contributed by atoms with Gasteiger partial charge in [-0.25, -0.2) is 0 Å². The summed E-state index contributed by atoms with van der Waals surface area (Å²) < 4.78 is 0. The summed E-state index contributed by atoms with van der Waals surface area (Å²) >= 11 is 0. The first-order valence-electron chi connectivity index (χ1n) is 9.74. The largest absolute Gasteiger partial charge is 0.352 e. The van der Waals surface area contributed by atoms with Crippen molar-refractivity contribution in [3.8, 4) is 0 Å². The number of hydrogen-bond acceptors (Lipinski definition) is 2. The van der Waals surface area contributed by atoms with Crippen LogP contribution in [0.4, 0.5) is 0 Å². The molecule has 1 saturated heterocycles. The van der Waals surface area contributed by atoms with Gasteiger partial charge in [-0.2, -0.15) is 0 Å². The van der Waals surface area contributed by atoms with E-state index in [9.17, 15) is 9.59 Å². The number of rotatable bonds is 6. The normalized spacial score (nSPS) is 14.8. The van der Waals surface area contributed by atoms with Crippen LogP contribution in [0.25, 0.3) is 0 Å². The van der Waals surface area contributed by atoms with Gasteiger partial charge in [0.2, 0.25) is 11.8 Å². The number of carbonyl (C=O) groups excluding carboxylic acids is 2. The Balaban J connectivity index is 1.39. The second-order valence-electron chi connectivity index (χ2n) is 7.46. The Kier molecular flexibility index (Phi) is 6.64. The Bertz CT molecular complexity index is 765. The van der Waals surface area contributed by atoms with E-state index >= 15 is 0 Å². The Labute approximate surface area is 161 Å². The highest BCUT2D eigenvalue weighted by Gasteiger charge is 2.24. The lowest BCUT2D eigenvalue weighted by Crippen LogP contribution is -2.41. The van der Waals surface area contributed by atoms with Crippen LogP contribution >= 0.6 is 0 Å². The smallest absolute Gasteiger partial charge is 0.232 e. The first-order valence-corrected chi connectivity index (χ1v) is 9.74. The van der Waals surface area contributed by atoms with E-state index in [1.165, 1.54) is 5.56 Å². The molecule has 1 aliphatic heterocycles. The summed E-state index contributed by atoms with van der Waals surface area (Å²) in [4.78, 5) is 26.3. The highest BCUT2D eigenvalue weighted by Crippen LogP contribution is 2.22. The van der Waals surface area contributed by atoms with Crippen LogP contribution < -0.4 is 5.32 Å². The number of amides is 2. The van der Waals surface area contributed by atoms with Crippen LogP contribution in [0.15, 0.2) is 54.6 Å². The fraction of sp³-hybridized carbons (Fsp3) is 0.391. The summed E-state index contributed by atoms with van der Waals surface area (Å²) in [6.07, 6.45) is 3.02. The minimum atomic E-state index is -0.201. The van der Waals surface area contributed by atoms with E-state index in [0.29, 0.717) is 12.5 Å². The maximum absolute atomic E-state index is 12.4. The lowest BCUT2D eigenvalue weighted by Gasteiger charge is -2.32. The van der Waals surface area contributed by atoms with E-state index in [1.54, 1.807) is 0 Å². The van der Waals surface area contributed by atoms with Crippen LogP contribution in [-0.2, 0) is 22.6 Å². The van der Waals surface area contributed by atoms with E-state index in [2.05, 4.69) is 29.6 Å². The van der Waals surface area contributed by atoms with Gasteiger partial charge in [0.25, 0.3) is 0 Å². The molecule has 0 aromatic heterocycles. The van der Waals surface area contributed by atoms with Gasteiger partial charge >= 0.3 is 0 Å². The molecule has 0 spiro atoms.